The van der Waals surface area contributed by atoms with E-state index >= 15 is 0 Å². The summed E-state index contributed by atoms with van der Waals surface area (Å²) in [5, 5.41) is 6.96. The SMILES string of the molecule is COc1ccc(C(=O)NC[C@H]2[C@@H]3CNC[C@@H](C3)[C@@H]3CCCC(=O)N32)cc1Cl.Cl. The number of amides is 2. The van der Waals surface area contributed by atoms with E-state index in [2.05, 4.69) is 15.5 Å². The smallest absolute Gasteiger partial charge is 0.251 e. The first-order chi connectivity index (χ1) is 13.1. The van der Waals surface area contributed by atoms with Gasteiger partial charge in [-0.3, -0.25) is 9.59 Å². The number of carbonyl (C=O) groups excluding carboxylic acids is 2. The molecule has 3 saturated heterocycles. The van der Waals surface area contributed by atoms with E-state index in [1.165, 1.54) is 0 Å². The van der Waals surface area contributed by atoms with Crippen LogP contribution in [0.5, 0.6) is 5.75 Å². The van der Waals surface area contributed by atoms with Crippen LogP contribution in [0.15, 0.2) is 18.2 Å². The van der Waals surface area contributed by atoms with Gasteiger partial charge in [0.05, 0.1) is 18.2 Å². The molecule has 0 saturated carbocycles. The second-order valence-corrected chi connectivity index (χ2v) is 8.21. The summed E-state index contributed by atoms with van der Waals surface area (Å²) >= 11 is 6.14. The van der Waals surface area contributed by atoms with Crippen molar-refractivity contribution in [2.75, 3.05) is 26.7 Å². The minimum absolute atomic E-state index is 0. The molecule has 1 aromatic carbocycles. The Bertz CT molecular complexity index is 745. The average Bonchev–Trinajstić information content (AvgIpc) is 2.68. The van der Waals surface area contributed by atoms with E-state index in [1.807, 2.05) is 0 Å². The molecule has 1 aromatic rings. The maximum absolute atomic E-state index is 12.7. The highest BCUT2D eigenvalue weighted by Gasteiger charge is 2.47. The van der Waals surface area contributed by atoms with Gasteiger partial charge in [0.2, 0.25) is 5.91 Å². The predicted molar refractivity (Wildman–Crippen MR) is 110 cm³/mol. The van der Waals surface area contributed by atoms with Crippen LogP contribution in [0, 0.1) is 11.8 Å². The number of carbonyl (C=O) groups is 2. The molecule has 3 aliphatic rings. The number of piperidine rings is 3. The van der Waals surface area contributed by atoms with Crippen molar-refractivity contribution < 1.29 is 14.3 Å². The highest BCUT2D eigenvalue weighted by atomic mass is 35.5. The molecule has 3 heterocycles. The molecule has 154 valence electrons. The van der Waals surface area contributed by atoms with Gasteiger partial charge in [-0.25, -0.2) is 0 Å². The van der Waals surface area contributed by atoms with Crippen molar-refractivity contribution in [3.8, 4) is 5.75 Å². The molecule has 2 N–H and O–H groups in total. The van der Waals surface area contributed by atoms with Crippen LogP contribution in [-0.2, 0) is 4.79 Å². The van der Waals surface area contributed by atoms with Gasteiger partial charge in [-0.15, -0.1) is 12.4 Å². The summed E-state index contributed by atoms with van der Waals surface area (Å²) in [6, 6.07) is 5.38. The summed E-state index contributed by atoms with van der Waals surface area (Å²) in [7, 11) is 1.54. The maximum Gasteiger partial charge on any atom is 0.251 e. The largest absolute Gasteiger partial charge is 0.495 e. The summed E-state index contributed by atoms with van der Waals surface area (Å²) in [6.07, 6.45) is 3.81. The van der Waals surface area contributed by atoms with Gasteiger partial charge in [-0.1, -0.05) is 11.6 Å². The van der Waals surface area contributed by atoms with Gasteiger partial charge < -0.3 is 20.3 Å². The Hall–Kier alpha value is -1.50. The molecular weight excluding hydrogens is 401 g/mol. The second kappa shape index (κ2) is 8.89. The van der Waals surface area contributed by atoms with Crippen molar-refractivity contribution in [2.24, 2.45) is 11.8 Å². The molecule has 0 unspecified atom stereocenters. The molecule has 3 aliphatic heterocycles. The summed E-state index contributed by atoms with van der Waals surface area (Å²) in [4.78, 5) is 27.4. The van der Waals surface area contributed by atoms with E-state index in [0.29, 0.717) is 47.2 Å². The van der Waals surface area contributed by atoms with E-state index in [-0.39, 0.29) is 30.3 Å². The predicted octanol–water partition coefficient (Wildman–Crippen LogP) is 2.49. The molecule has 0 spiro atoms. The standard InChI is InChI=1S/C20H26ClN3O3.ClH/c1-27-18-6-5-12(8-15(18)21)20(26)23-11-17-14-7-13(9-22-10-14)16-3-2-4-19(25)24(16)17;/h5-6,8,13-14,16-17,22H,2-4,7,9-11H2,1H3,(H,23,26);1H/t13-,14+,16+,17+;/m1./s1. The summed E-state index contributed by atoms with van der Waals surface area (Å²) in [5.41, 5.74) is 0.498. The van der Waals surface area contributed by atoms with Gasteiger partial charge in [0.1, 0.15) is 5.75 Å². The zero-order valence-corrected chi connectivity index (χ0v) is 17.5. The van der Waals surface area contributed by atoms with Gasteiger partial charge in [-0.05, 0) is 55.8 Å². The minimum Gasteiger partial charge on any atom is -0.495 e. The molecule has 8 heteroatoms. The highest BCUT2D eigenvalue weighted by Crippen LogP contribution is 2.39. The molecule has 2 bridgehead atoms. The monoisotopic (exact) mass is 427 g/mol. The third kappa shape index (κ3) is 3.95. The van der Waals surface area contributed by atoms with Crippen LogP contribution < -0.4 is 15.4 Å². The molecule has 3 fully saturated rings. The quantitative estimate of drug-likeness (QED) is 0.773. The third-order valence-corrected chi connectivity index (χ3v) is 6.58. The first kappa shape index (κ1) is 21.2. The zero-order valence-electron chi connectivity index (χ0n) is 15.9. The molecule has 2 amide bonds. The topological polar surface area (TPSA) is 70.7 Å². The molecule has 4 rings (SSSR count). The molecule has 28 heavy (non-hydrogen) atoms. The molecule has 0 radical (unpaired) electrons. The van der Waals surface area contributed by atoms with Gasteiger partial charge >= 0.3 is 0 Å². The van der Waals surface area contributed by atoms with Gasteiger partial charge in [0.25, 0.3) is 5.91 Å². The number of nitrogens with zero attached hydrogens (tertiary/aromatic N) is 1. The third-order valence-electron chi connectivity index (χ3n) is 6.29. The minimum atomic E-state index is -0.175. The van der Waals surface area contributed by atoms with E-state index < -0.39 is 0 Å². The Morgan fingerprint density at radius 2 is 2.14 bits per heavy atom. The number of hydrogen-bond acceptors (Lipinski definition) is 4. The molecule has 0 aromatic heterocycles. The number of nitrogens with one attached hydrogen (secondary N) is 2. The maximum atomic E-state index is 12.7. The number of hydrogen-bond donors (Lipinski definition) is 2. The Morgan fingerprint density at radius 3 is 2.89 bits per heavy atom. The lowest BCUT2D eigenvalue weighted by Gasteiger charge is -2.54. The van der Waals surface area contributed by atoms with Crippen LogP contribution >= 0.6 is 24.0 Å². The Kier molecular flexibility index (Phi) is 6.73. The molecule has 0 aliphatic carbocycles. The zero-order chi connectivity index (χ0) is 19.0. The molecular formula is C20H27Cl2N3O3. The van der Waals surface area contributed by atoms with Crippen molar-refractivity contribution in [3.05, 3.63) is 28.8 Å². The number of fused-ring (bicyclic) bond motifs is 4. The van der Waals surface area contributed by atoms with Crippen LogP contribution in [0.2, 0.25) is 5.02 Å². The summed E-state index contributed by atoms with van der Waals surface area (Å²) in [5.74, 6) is 1.55. The van der Waals surface area contributed by atoms with Crippen molar-refractivity contribution in [2.45, 2.75) is 37.8 Å². The van der Waals surface area contributed by atoms with Crippen molar-refractivity contribution in [1.29, 1.82) is 0 Å². The van der Waals surface area contributed by atoms with Gasteiger partial charge in [0.15, 0.2) is 0 Å². The number of methoxy groups -OCH3 is 1. The molecule has 4 atom stereocenters. The Morgan fingerprint density at radius 1 is 1.36 bits per heavy atom. The van der Waals surface area contributed by atoms with Crippen LogP contribution in [0.25, 0.3) is 0 Å². The Balaban J connectivity index is 0.00000225. The van der Waals surface area contributed by atoms with Crippen molar-refractivity contribution >= 4 is 35.8 Å². The fraction of sp³-hybridized carbons (Fsp3) is 0.600. The second-order valence-electron chi connectivity index (χ2n) is 7.80. The first-order valence-electron chi connectivity index (χ1n) is 9.72. The van der Waals surface area contributed by atoms with Gasteiger partial charge in [-0.2, -0.15) is 0 Å². The highest BCUT2D eigenvalue weighted by molar-refractivity contribution is 6.32. The fourth-order valence-electron chi connectivity index (χ4n) is 5.00. The van der Waals surface area contributed by atoms with Crippen molar-refractivity contribution in [1.82, 2.24) is 15.5 Å². The van der Waals surface area contributed by atoms with E-state index in [9.17, 15) is 9.59 Å². The number of rotatable bonds is 4. The first-order valence-corrected chi connectivity index (χ1v) is 10.1. The average molecular weight is 428 g/mol. The lowest BCUT2D eigenvalue weighted by molar-refractivity contribution is -0.148. The van der Waals surface area contributed by atoms with Gasteiger partial charge in [0, 0.05) is 31.1 Å². The summed E-state index contributed by atoms with van der Waals surface area (Å²) in [6.45, 7) is 2.38. The van der Waals surface area contributed by atoms with Crippen LogP contribution in [-0.4, -0.2) is 55.5 Å². The van der Waals surface area contributed by atoms with Crippen LogP contribution in [0.4, 0.5) is 0 Å². The number of ether oxygens (including phenoxy) is 1. The van der Waals surface area contributed by atoms with Crippen LogP contribution in [0.3, 0.4) is 0 Å². The summed E-state index contributed by atoms with van der Waals surface area (Å²) < 4.78 is 5.14. The van der Waals surface area contributed by atoms with Crippen molar-refractivity contribution in [3.63, 3.8) is 0 Å². The Labute approximate surface area is 176 Å². The lowest BCUT2D eigenvalue weighted by atomic mass is 9.72. The number of halogens is 2. The normalized spacial score (nSPS) is 28.8. The van der Waals surface area contributed by atoms with E-state index in [1.54, 1.807) is 25.3 Å². The van der Waals surface area contributed by atoms with Crippen LogP contribution in [0.1, 0.15) is 36.0 Å². The fourth-order valence-corrected chi connectivity index (χ4v) is 5.26. The lowest BCUT2D eigenvalue weighted by Crippen LogP contribution is -2.66. The van der Waals surface area contributed by atoms with E-state index in [0.717, 1.165) is 32.4 Å². The molecule has 6 nitrogen and oxygen atoms in total. The number of benzene rings is 1. The van der Waals surface area contributed by atoms with E-state index in [4.69, 9.17) is 16.3 Å².